The topological polar surface area (TPSA) is 206 Å². The average molecular weight is 629 g/mol. The molecule has 45 heavy (non-hydrogen) atoms. The average Bonchev–Trinajstić information content (AvgIpc) is 3.52. The molecule has 13 heteroatoms. The first kappa shape index (κ1) is 31.1. The molecule has 0 unspecified atom stereocenters. The Kier molecular flexibility index (Phi) is 8.63. The van der Waals surface area contributed by atoms with E-state index < -0.39 is 59.4 Å². The van der Waals surface area contributed by atoms with Crippen molar-refractivity contribution in [1.29, 1.82) is 0 Å². The number of carbonyl (C=O) groups is 1. The van der Waals surface area contributed by atoms with Gasteiger partial charge >= 0.3 is 5.97 Å². The molecule has 1 saturated heterocycles. The van der Waals surface area contributed by atoms with Crippen molar-refractivity contribution in [3.8, 4) is 34.3 Å². The predicted molar refractivity (Wildman–Crippen MR) is 156 cm³/mol. The Bertz CT molecular complexity index is 1590. The molecule has 3 aliphatic rings. The Morgan fingerprint density at radius 2 is 1.58 bits per heavy atom. The lowest BCUT2D eigenvalue weighted by atomic mass is 9.94. The highest BCUT2D eigenvalue weighted by molar-refractivity contribution is 5.89. The minimum absolute atomic E-state index is 0.153. The number of carboxylic acid groups (broad SMARTS) is 1. The fourth-order valence-electron chi connectivity index (χ4n) is 6.16. The number of phenols is 1. The molecule has 242 valence electrons. The van der Waals surface area contributed by atoms with Crippen LogP contribution in [0.4, 0.5) is 0 Å². The maximum absolute atomic E-state index is 13.4. The van der Waals surface area contributed by atoms with Crippen molar-refractivity contribution in [2.75, 3.05) is 0 Å². The summed E-state index contributed by atoms with van der Waals surface area (Å²) in [5, 5.41) is 62.6. The van der Waals surface area contributed by atoms with E-state index in [0.29, 0.717) is 24.2 Å². The Morgan fingerprint density at radius 3 is 2.24 bits per heavy atom. The second-order valence-corrected chi connectivity index (χ2v) is 11.9. The number of aliphatic carboxylic acids is 1. The van der Waals surface area contributed by atoms with Crippen LogP contribution in [0.3, 0.4) is 0 Å². The SMILES string of the molecule is O=C(O)[C@H]1O[C@H](Oc2cc3oc(-c4ccc(OC5CCCC5)cc4)cc(=O)c3c(O)c2OC2(O)CCCCC2)[C@H](O)[C@H](O)[C@@H]1O. The van der Waals surface area contributed by atoms with Gasteiger partial charge in [-0.1, -0.05) is 6.42 Å². The first-order valence-electron chi connectivity index (χ1n) is 15.1. The van der Waals surface area contributed by atoms with Crippen LogP contribution in [0.5, 0.6) is 23.0 Å². The van der Waals surface area contributed by atoms with E-state index in [1.54, 1.807) is 24.3 Å². The van der Waals surface area contributed by atoms with Crippen LogP contribution in [0.15, 0.2) is 45.6 Å². The molecule has 5 atom stereocenters. The predicted octanol–water partition coefficient (Wildman–Crippen LogP) is 2.79. The summed E-state index contributed by atoms with van der Waals surface area (Å²) in [7, 11) is 0. The highest BCUT2D eigenvalue weighted by Crippen LogP contribution is 2.46. The number of aliphatic hydroxyl groups excluding tert-OH is 3. The van der Waals surface area contributed by atoms with Crippen molar-refractivity contribution >= 4 is 16.9 Å². The van der Waals surface area contributed by atoms with Crippen LogP contribution < -0.4 is 19.6 Å². The molecule has 1 aromatic heterocycles. The van der Waals surface area contributed by atoms with E-state index in [-0.39, 0.29) is 41.4 Å². The number of hydrogen-bond donors (Lipinski definition) is 6. The fraction of sp³-hybridized carbons (Fsp3) is 0.500. The van der Waals surface area contributed by atoms with Gasteiger partial charge in [0.15, 0.2) is 23.0 Å². The summed E-state index contributed by atoms with van der Waals surface area (Å²) in [6.45, 7) is 0. The number of fused-ring (bicyclic) bond motifs is 1. The van der Waals surface area contributed by atoms with Gasteiger partial charge in [0.2, 0.25) is 17.8 Å². The summed E-state index contributed by atoms with van der Waals surface area (Å²) < 4.78 is 28.9. The minimum atomic E-state index is -1.96. The number of carboxylic acids is 1. The van der Waals surface area contributed by atoms with Gasteiger partial charge in [0.1, 0.15) is 40.8 Å². The van der Waals surface area contributed by atoms with E-state index in [1.165, 1.54) is 12.1 Å². The molecule has 13 nitrogen and oxygen atoms in total. The summed E-state index contributed by atoms with van der Waals surface area (Å²) in [5.74, 6) is -4.07. The molecule has 6 rings (SSSR count). The molecule has 2 saturated carbocycles. The maximum Gasteiger partial charge on any atom is 0.335 e. The lowest BCUT2D eigenvalue weighted by molar-refractivity contribution is -0.271. The normalized spacial score (nSPS) is 26.9. The summed E-state index contributed by atoms with van der Waals surface area (Å²) in [4.78, 5) is 25.0. The molecular formula is C32H36O13. The monoisotopic (exact) mass is 628 g/mol. The van der Waals surface area contributed by atoms with Crippen molar-refractivity contribution < 1.29 is 58.8 Å². The van der Waals surface area contributed by atoms with E-state index in [2.05, 4.69) is 0 Å². The molecule has 0 bridgehead atoms. The third-order valence-corrected chi connectivity index (χ3v) is 8.64. The van der Waals surface area contributed by atoms with Gasteiger partial charge in [-0.25, -0.2) is 4.79 Å². The van der Waals surface area contributed by atoms with Gasteiger partial charge in [-0.3, -0.25) is 4.79 Å². The second-order valence-electron chi connectivity index (χ2n) is 11.9. The van der Waals surface area contributed by atoms with Crippen molar-refractivity contribution in [1.82, 2.24) is 0 Å². The van der Waals surface area contributed by atoms with Gasteiger partial charge in [-0.15, -0.1) is 0 Å². The third-order valence-electron chi connectivity index (χ3n) is 8.64. The van der Waals surface area contributed by atoms with Crippen LogP contribution >= 0.6 is 0 Å². The van der Waals surface area contributed by atoms with Crippen molar-refractivity contribution in [3.05, 3.63) is 46.6 Å². The Hall–Kier alpha value is -3.88. The zero-order valence-corrected chi connectivity index (χ0v) is 24.3. The van der Waals surface area contributed by atoms with Crippen molar-refractivity contribution in [3.63, 3.8) is 0 Å². The number of aromatic hydroxyl groups is 1. The molecule has 2 heterocycles. The Morgan fingerprint density at radius 1 is 0.889 bits per heavy atom. The van der Waals surface area contributed by atoms with Crippen molar-refractivity contribution in [2.45, 2.75) is 100 Å². The molecule has 3 fully saturated rings. The first-order chi connectivity index (χ1) is 21.5. The van der Waals surface area contributed by atoms with Crippen LogP contribution in [-0.2, 0) is 9.53 Å². The van der Waals surface area contributed by atoms with Gasteiger partial charge in [0.25, 0.3) is 0 Å². The highest BCUT2D eigenvalue weighted by Gasteiger charge is 2.48. The smallest absolute Gasteiger partial charge is 0.335 e. The van der Waals surface area contributed by atoms with E-state index >= 15 is 0 Å². The summed E-state index contributed by atoms with van der Waals surface area (Å²) in [6, 6.07) is 9.39. The lowest BCUT2D eigenvalue weighted by Gasteiger charge is -2.39. The maximum atomic E-state index is 13.4. The van der Waals surface area contributed by atoms with E-state index in [9.17, 15) is 40.2 Å². The second kappa shape index (κ2) is 12.5. The molecule has 0 radical (unpaired) electrons. The molecular weight excluding hydrogens is 592 g/mol. The van der Waals surface area contributed by atoms with Crippen LogP contribution in [0.25, 0.3) is 22.3 Å². The zero-order valence-electron chi connectivity index (χ0n) is 24.3. The van der Waals surface area contributed by atoms with E-state index in [4.69, 9.17) is 23.4 Å². The lowest BCUT2D eigenvalue weighted by Crippen LogP contribution is -2.61. The number of aliphatic hydroxyl groups is 4. The number of ether oxygens (including phenoxy) is 4. The molecule has 3 aromatic rings. The molecule has 1 aliphatic heterocycles. The highest BCUT2D eigenvalue weighted by atomic mass is 16.7. The number of hydrogen-bond acceptors (Lipinski definition) is 12. The number of rotatable bonds is 8. The first-order valence-corrected chi connectivity index (χ1v) is 15.1. The molecule has 6 N–H and O–H groups in total. The quantitative estimate of drug-likeness (QED) is 0.199. The molecule has 0 amide bonds. The van der Waals surface area contributed by atoms with E-state index in [1.807, 2.05) is 0 Å². The summed E-state index contributed by atoms with van der Waals surface area (Å²) in [5.41, 5.74) is -0.237. The number of phenolic OH excluding ortho intramolecular Hbond substituents is 1. The van der Waals surface area contributed by atoms with Crippen LogP contribution in [0, 0.1) is 0 Å². The standard InChI is InChI=1S/C32H36O13/c33-19-14-20(16-8-10-18(11-9-16)41-17-6-2-3-7-17)42-21-15-22(43-31-27(37)25(35)26(36)29(44-31)30(38)39)28(24(34)23(19)21)45-32(40)12-4-1-5-13-32/h8-11,14-15,17,25-27,29,31,34-37,40H,1-7,12-13H2,(H,38,39)/t25-,26+,27-,29+,31+/m1/s1. The zero-order chi connectivity index (χ0) is 31.9. The minimum Gasteiger partial charge on any atom is -0.504 e. The van der Waals surface area contributed by atoms with Gasteiger partial charge in [0, 0.05) is 30.5 Å². The van der Waals surface area contributed by atoms with Gasteiger partial charge < -0.3 is 54.0 Å². The van der Waals surface area contributed by atoms with Gasteiger partial charge in [-0.2, -0.15) is 0 Å². The Labute approximate surface area is 257 Å². The molecule has 2 aliphatic carbocycles. The fourth-order valence-corrected chi connectivity index (χ4v) is 6.16. The Balaban J connectivity index is 1.39. The van der Waals surface area contributed by atoms with Crippen LogP contribution in [0.2, 0.25) is 0 Å². The largest absolute Gasteiger partial charge is 0.504 e. The van der Waals surface area contributed by atoms with Crippen LogP contribution in [0.1, 0.15) is 57.8 Å². The summed E-state index contributed by atoms with van der Waals surface area (Å²) in [6.07, 6.45) is -2.71. The summed E-state index contributed by atoms with van der Waals surface area (Å²) >= 11 is 0. The molecule has 2 aromatic carbocycles. The van der Waals surface area contributed by atoms with Crippen LogP contribution in [-0.4, -0.2) is 79.2 Å². The third kappa shape index (κ3) is 6.31. The van der Waals surface area contributed by atoms with E-state index in [0.717, 1.165) is 32.1 Å². The van der Waals surface area contributed by atoms with Gasteiger partial charge in [-0.05, 0) is 62.8 Å². The number of benzene rings is 2. The molecule has 0 spiro atoms. The van der Waals surface area contributed by atoms with Gasteiger partial charge in [0.05, 0.1) is 6.10 Å². The van der Waals surface area contributed by atoms with Crippen molar-refractivity contribution in [2.24, 2.45) is 0 Å².